The normalized spacial score (nSPS) is 16.7. The quantitative estimate of drug-likeness (QED) is 0.840. The molecule has 2 rings (SSSR count). The second-order valence-corrected chi connectivity index (χ2v) is 5.19. The largest absolute Gasteiger partial charge is 0.418 e. The smallest absolute Gasteiger partial charge is 0.382 e. The van der Waals surface area contributed by atoms with Crippen molar-refractivity contribution in [3.63, 3.8) is 0 Å². The van der Waals surface area contributed by atoms with Crippen LogP contribution in [0.5, 0.6) is 0 Å². The first-order valence-electron chi connectivity index (χ1n) is 6.92. The van der Waals surface area contributed by atoms with E-state index < -0.39 is 17.6 Å². The number of nitrogens with two attached hydrogens (primary N) is 1. The third-order valence-corrected chi connectivity index (χ3v) is 3.67. The SMILES string of the molecule is NCC(=O)N1CCC(Nc2cc(F)ccc2C(F)(F)F)CC1. The van der Waals surface area contributed by atoms with Gasteiger partial charge in [-0.15, -0.1) is 0 Å². The summed E-state index contributed by atoms with van der Waals surface area (Å²) < 4.78 is 52.0. The monoisotopic (exact) mass is 319 g/mol. The number of nitrogens with one attached hydrogen (secondary N) is 1. The van der Waals surface area contributed by atoms with Crippen LogP contribution in [0.4, 0.5) is 23.2 Å². The van der Waals surface area contributed by atoms with Crippen LogP contribution in [-0.2, 0) is 11.0 Å². The predicted octanol–water partition coefficient (Wildman–Crippen LogP) is 2.21. The maximum absolute atomic E-state index is 13.2. The molecule has 0 spiro atoms. The zero-order valence-corrected chi connectivity index (χ0v) is 11.8. The van der Waals surface area contributed by atoms with Crippen molar-refractivity contribution in [2.75, 3.05) is 25.0 Å². The van der Waals surface area contributed by atoms with Crippen molar-refractivity contribution in [1.29, 1.82) is 0 Å². The molecule has 122 valence electrons. The molecule has 1 fully saturated rings. The number of likely N-dealkylation sites (tertiary alicyclic amines) is 1. The number of hydrogen-bond acceptors (Lipinski definition) is 3. The molecule has 1 aliphatic heterocycles. The van der Waals surface area contributed by atoms with Crippen LogP contribution in [0.15, 0.2) is 18.2 Å². The van der Waals surface area contributed by atoms with Gasteiger partial charge in [0.15, 0.2) is 0 Å². The van der Waals surface area contributed by atoms with Crippen LogP contribution >= 0.6 is 0 Å². The van der Waals surface area contributed by atoms with E-state index in [0.29, 0.717) is 25.9 Å². The summed E-state index contributed by atoms with van der Waals surface area (Å²) in [5.41, 5.74) is 4.11. The van der Waals surface area contributed by atoms with Gasteiger partial charge in [0.25, 0.3) is 0 Å². The van der Waals surface area contributed by atoms with Gasteiger partial charge in [0.2, 0.25) is 5.91 Å². The third-order valence-electron chi connectivity index (χ3n) is 3.67. The molecule has 1 aromatic carbocycles. The van der Waals surface area contributed by atoms with Gasteiger partial charge in [-0.3, -0.25) is 4.79 Å². The van der Waals surface area contributed by atoms with Crippen molar-refractivity contribution in [3.05, 3.63) is 29.6 Å². The van der Waals surface area contributed by atoms with Crippen molar-refractivity contribution in [3.8, 4) is 0 Å². The van der Waals surface area contributed by atoms with E-state index >= 15 is 0 Å². The fourth-order valence-corrected chi connectivity index (χ4v) is 2.51. The number of halogens is 4. The summed E-state index contributed by atoms with van der Waals surface area (Å²) in [6, 6.07) is 2.12. The van der Waals surface area contributed by atoms with E-state index in [-0.39, 0.29) is 24.2 Å². The van der Waals surface area contributed by atoms with Crippen LogP contribution in [-0.4, -0.2) is 36.5 Å². The second kappa shape index (κ2) is 6.51. The van der Waals surface area contributed by atoms with Gasteiger partial charge in [-0.05, 0) is 31.0 Å². The topological polar surface area (TPSA) is 58.4 Å². The molecule has 0 bridgehead atoms. The standard InChI is InChI=1S/C14H17F4N3O/c15-9-1-2-11(14(16,17)18)12(7-9)20-10-3-5-21(6-4-10)13(22)8-19/h1-2,7,10,20H,3-6,8,19H2. The van der Waals surface area contributed by atoms with Gasteiger partial charge in [0.05, 0.1) is 12.1 Å². The van der Waals surface area contributed by atoms with Crippen LogP contribution < -0.4 is 11.1 Å². The number of piperidine rings is 1. The highest BCUT2D eigenvalue weighted by Crippen LogP contribution is 2.36. The Labute approximate surface area is 125 Å². The Morgan fingerprint density at radius 1 is 1.32 bits per heavy atom. The highest BCUT2D eigenvalue weighted by Gasteiger charge is 2.34. The number of nitrogens with zero attached hydrogens (tertiary/aromatic N) is 1. The lowest BCUT2D eigenvalue weighted by molar-refractivity contribution is -0.137. The lowest BCUT2D eigenvalue weighted by Gasteiger charge is -2.33. The van der Waals surface area contributed by atoms with E-state index in [1.165, 1.54) is 0 Å². The van der Waals surface area contributed by atoms with Gasteiger partial charge in [-0.2, -0.15) is 13.2 Å². The summed E-state index contributed by atoms with van der Waals surface area (Å²) >= 11 is 0. The number of amides is 1. The average molecular weight is 319 g/mol. The highest BCUT2D eigenvalue weighted by atomic mass is 19.4. The van der Waals surface area contributed by atoms with E-state index in [4.69, 9.17) is 5.73 Å². The summed E-state index contributed by atoms with van der Waals surface area (Å²) in [4.78, 5) is 13.0. The van der Waals surface area contributed by atoms with Crippen molar-refractivity contribution >= 4 is 11.6 Å². The summed E-state index contributed by atoms with van der Waals surface area (Å²) in [5, 5.41) is 2.75. The fraction of sp³-hybridized carbons (Fsp3) is 0.500. The number of hydrogen-bond donors (Lipinski definition) is 2. The summed E-state index contributed by atoms with van der Waals surface area (Å²) in [7, 11) is 0. The van der Waals surface area contributed by atoms with E-state index in [9.17, 15) is 22.4 Å². The van der Waals surface area contributed by atoms with Gasteiger partial charge in [-0.1, -0.05) is 0 Å². The summed E-state index contributed by atoms with van der Waals surface area (Å²) in [6.07, 6.45) is -3.58. The van der Waals surface area contributed by atoms with Crippen LogP contribution in [0, 0.1) is 5.82 Å². The van der Waals surface area contributed by atoms with Gasteiger partial charge in [0, 0.05) is 24.8 Å². The number of anilines is 1. The number of benzene rings is 1. The van der Waals surface area contributed by atoms with Crippen LogP contribution in [0.2, 0.25) is 0 Å². The van der Waals surface area contributed by atoms with Crippen molar-refractivity contribution in [1.82, 2.24) is 4.90 Å². The summed E-state index contributed by atoms with van der Waals surface area (Å²) in [5.74, 6) is -0.911. The van der Waals surface area contributed by atoms with Gasteiger partial charge in [-0.25, -0.2) is 4.39 Å². The lowest BCUT2D eigenvalue weighted by Crippen LogP contribution is -2.44. The molecule has 1 aromatic rings. The molecule has 1 amide bonds. The molecular formula is C14H17F4N3O. The minimum Gasteiger partial charge on any atom is -0.382 e. The van der Waals surface area contributed by atoms with Crippen molar-refractivity contribution in [2.24, 2.45) is 5.73 Å². The zero-order chi connectivity index (χ0) is 16.3. The fourth-order valence-electron chi connectivity index (χ4n) is 2.51. The Morgan fingerprint density at radius 3 is 2.50 bits per heavy atom. The first-order valence-corrected chi connectivity index (χ1v) is 6.92. The first kappa shape index (κ1) is 16.5. The average Bonchev–Trinajstić information content (AvgIpc) is 2.46. The predicted molar refractivity (Wildman–Crippen MR) is 73.7 cm³/mol. The number of carbonyl (C=O) groups is 1. The molecule has 0 aliphatic carbocycles. The molecule has 8 heteroatoms. The van der Waals surface area contributed by atoms with Crippen LogP contribution in [0.1, 0.15) is 18.4 Å². The maximum atomic E-state index is 13.2. The molecule has 0 saturated carbocycles. The Hall–Kier alpha value is -1.83. The van der Waals surface area contributed by atoms with Gasteiger partial charge >= 0.3 is 6.18 Å². The summed E-state index contributed by atoms with van der Waals surface area (Å²) in [6.45, 7) is 0.759. The molecule has 0 atom stereocenters. The zero-order valence-electron chi connectivity index (χ0n) is 11.8. The minimum absolute atomic E-state index is 0.0831. The molecule has 22 heavy (non-hydrogen) atoms. The van der Waals surface area contributed by atoms with E-state index in [2.05, 4.69) is 5.32 Å². The lowest BCUT2D eigenvalue weighted by atomic mass is 10.0. The number of rotatable bonds is 3. The van der Waals surface area contributed by atoms with Crippen LogP contribution in [0.25, 0.3) is 0 Å². The van der Waals surface area contributed by atoms with Crippen molar-refractivity contribution < 1.29 is 22.4 Å². The molecular weight excluding hydrogens is 302 g/mol. The van der Waals surface area contributed by atoms with E-state index in [1.54, 1.807) is 4.90 Å². The Balaban J connectivity index is 2.06. The number of alkyl halides is 3. The molecule has 0 aromatic heterocycles. The molecule has 4 nitrogen and oxygen atoms in total. The second-order valence-electron chi connectivity index (χ2n) is 5.19. The Bertz CT molecular complexity index is 539. The van der Waals surface area contributed by atoms with Crippen LogP contribution in [0.3, 0.4) is 0 Å². The van der Waals surface area contributed by atoms with Gasteiger partial charge < -0.3 is 16.0 Å². The molecule has 1 aliphatic rings. The highest BCUT2D eigenvalue weighted by molar-refractivity contribution is 5.78. The molecule has 1 heterocycles. The van der Waals surface area contributed by atoms with E-state index in [0.717, 1.165) is 18.2 Å². The van der Waals surface area contributed by atoms with E-state index in [1.807, 2.05) is 0 Å². The van der Waals surface area contributed by atoms with Gasteiger partial charge in [0.1, 0.15) is 5.82 Å². The minimum atomic E-state index is -4.55. The molecule has 0 unspecified atom stereocenters. The molecule has 3 N–H and O–H groups in total. The molecule has 1 saturated heterocycles. The number of carbonyl (C=O) groups excluding carboxylic acids is 1. The Morgan fingerprint density at radius 2 is 1.95 bits per heavy atom. The first-order chi connectivity index (χ1) is 10.3. The maximum Gasteiger partial charge on any atom is 0.418 e. The molecule has 0 radical (unpaired) electrons. The van der Waals surface area contributed by atoms with Crippen molar-refractivity contribution in [2.45, 2.75) is 25.1 Å². The Kier molecular flexibility index (Phi) is 4.90. The third kappa shape index (κ3) is 3.88.